The quantitative estimate of drug-likeness (QED) is 0.801. The highest BCUT2D eigenvalue weighted by Gasteiger charge is 2.63. The van der Waals surface area contributed by atoms with Crippen LogP contribution in [0.2, 0.25) is 0 Å². The number of rotatable bonds is 6. The van der Waals surface area contributed by atoms with Crippen LogP contribution in [0.4, 0.5) is 4.39 Å². The maximum Gasteiger partial charge on any atom is 0.243 e. The first-order chi connectivity index (χ1) is 13.2. The summed E-state index contributed by atoms with van der Waals surface area (Å²) in [6.07, 6.45) is 0.584. The lowest BCUT2D eigenvalue weighted by Gasteiger charge is -2.59. The Morgan fingerprint density at radius 2 is 1.96 bits per heavy atom. The first kappa shape index (κ1) is 21.0. The third kappa shape index (κ3) is 3.63. The van der Waals surface area contributed by atoms with Crippen LogP contribution in [-0.4, -0.2) is 67.2 Å². The monoisotopic (exact) mass is 393 g/mol. The minimum Gasteiger partial charge on any atom is -0.496 e. The minimum absolute atomic E-state index is 0.0106. The summed E-state index contributed by atoms with van der Waals surface area (Å²) < 4.78 is 24.7. The Kier molecular flexibility index (Phi) is 5.98. The number of carbonyl (C=O) groups is 1. The lowest BCUT2D eigenvalue weighted by molar-refractivity contribution is -0.180. The van der Waals surface area contributed by atoms with E-state index in [-0.39, 0.29) is 23.2 Å². The number of amides is 1. The van der Waals surface area contributed by atoms with E-state index < -0.39 is 5.54 Å². The van der Waals surface area contributed by atoms with E-state index in [2.05, 4.69) is 4.90 Å². The molecule has 1 amide bonds. The number of hydrogen-bond donors (Lipinski definition) is 1. The molecule has 2 fully saturated rings. The zero-order chi connectivity index (χ0) is 20.5. The van der Waals surface area contributed by atoms with E-state index in [1.807, 2.05) is 25.7 Å². The first-order valence-corrected chi connectivity index (χ1v) is 9.97. The van der Waals surface area contributed by atoms with Crippen LogP contribution in [0.15, 0.2) is 18.2 Å². The van der Waals surface area contributed by atoms with Crippen molar-refractivity contribution in [3.63, 3.8) is 0 Å². The number of benzene rings is 1. The van der Waals surface area contributed by atoms with Gasteiger partial charge in [0.2, 0.25) is 5.91 Å². The van der Waals surface area contributed by atoms with Gasteiger partial charge in [0.25, 0.3) is 0 Å². The van der Waals surface area contributed by atoms with Gasteiger partial charge >= 0.3 is 0 Å². The Hall–Kier alpha value is -1.70. The van der Waals surface area contributed by atoms with Crippen LogP contribution >= 0.6 is 0 Å². The van der Waals surface area contributed by atoms with E-state index >= 15 is 0 Å². The summed E-state index contributed by atoms with van der Waals surface area (Å²) in [4.78, 5) is 17.2. The van der Waals surface area contributed by atoms with E-state index in [0.29, 0.717) is 38.4 Å². The molecule has 1 saturated carbocycles. The second-order valence-corrected chi connectivity index (χ2v) is 8.37. The highest BCUT2D eigenvalue weighted by atomic mass is 19.1. The van der Waals surface area contributed by atoms with Crippen molar-refractivity contribution in [3.8, 4) is 5.75 Å². The molecular formula is C21H32FN3O3. The molecular weight excluding hydrogens is 361 g/mol. The van der Waals surface area contributed by atoms with Crippen molar-refractivity contribution in [2.75, 3.05) is 39.9 Å². The molecule has 0 aromatic heterocycles. The zero-order valence-corrected chi connectivity index (χ0v) is 17.3. The Labute approximate surface area is 166 Å². The lowest BCUT2D eigenvalue weighted by Crippen LogP contribution is -2.76. The number of nitrogens with two attached hydrogens (primary N) is 1. The molecule has 1 saturated heterocycles. The molecule has 0 radical (unpaired) electrons. The van der Waals surface area contributed by atoms with E-state index in [1.165, 1.54) is 12.1 Å². The van der Waals surface area contributed by atoms with Crippen molar-refractivity contribution in [2.45, 2.75) is 45.4 Å². The van der Waals surface area contributed by atoms with Gasteiger partial charge in [0.15, 0.2) is 0 Å². The number of nitrogens with zero attached hydrogens (tertiary/aromatic N) is 2. The molecule has 1 aliphatic carbocycles. The number of methoxy groups -OCH3 is 1. The van der Waals surface area contributed by atoms with Gasteiger partial charge in [-0.1, -0.05) is 13.8 Å². The average molecular weight is 394 g/mol. The molecule has 156 valence electrons. The summed E-state index contributed by atoms with van der Waals surface area (Å²) in [7, 11) is 1.59. The second kappa shape index (κ2) is 7.97. The fraction of sp³-hybridized carbons (Fsp3) is 0.667. The summed E-state index contributed by atoms with van der Waals surface area (Å²) in [5.74, 6) is 0.418. The predicted molar refractivity (Wildman–Crippen MR) is 106 cm³/mol. The Bertz CT molecular complexity index is 719. The third-order valence-electron chi connectivity index (χ3n) is 6.51. The van der Waals surface area contributed by atoms with Crippen LogP contribution < -0.4 is 10.5 Å². The molecule has 1 heterocycles. The van der Waals surface area contributed by atoms with Crippen LogP contribution in [0.1, 0.15) is 32.8 Å². The van der Waals surface area contributed by atoms with Gasteiger partial charge in [-0.3, -0.25) is 9.69 Å². The molecule has 2 unspecified atom stereocenters. The number of halogens is 1. The molecule has 1 aromatic rings. The fourth-order valence-corrected chi connectivity index (χ4v) is 4.30. The second-order valence-electron chi connectivity index (χ2n) is 8.37. The summed E-state index contributed by atoms with van der Waals surface area (Å²) in [5.41, 5.74) is 6.11. The highest BCUT2D eigenvalue weighted by molar-refractivity contribution is 5.89. The molecule has 28 heavy (non-hydrogen) atoms. The Balaban J connectivity index is 1.59. The van der Waals surface area contributed by atoms with Gasteiger partial charge in [0.05, 0.1) is 13.2 Å². The molecule has 1 aromatic carbocycles. The van der Waals surface area contributed by atoms with Crippen molar-refractivity contribution in [1.82, 2.24) is 9.80 Å². The Morgan fingerprint density at radius 1 is 1.29 bits per heavy atom. The number of hydrogen-bond acceptors (Lipinski definition) is 5. The average Bonchev–Trinajstić information content (AvgIpc) is 2.68. The number of ether oxygens (including phenoxy) is 2. The molecule has 3 rings (SSSR count). The first-order valence-electron chi connectivity index (χ1n) is 9.97. The normalized spacial score (nSPS) is 27.4. The molecule has 0 bridgehead atoms. The molecule has 2 atom stereocenters. The summed E-state index contributed by atoms with van der Waals surface area (Å²) in [6.45, 7) is 9.88. The van der Waals surface area contributed by atoms with Crippen LogP contribution in [0.3, 0.4) is 0 Å². The van der Waals surface area contributed by atoms with E-state index in [0.717, 1.165) is 18.7 Å². The molecule has 6 nitrogen and oxygen atoms in total. The molecule has 2 N–H and O–H groups in total. The fourth-order valence-electron chi connectivity index (χ4n) is 4.30. The van der Waals surface area contributed by atoms with Crippen LogP contribution in [0.5, 0.6) is 5.75 Å². The minimum atomic E-state index is -0.874. The van der Waals surface area contributed by atoms with Gasteiger partial charge in [0.1, 0.15) is 17.1 Å². The van der Waals surface area contributed by atoms with Crippen molar-refractivity contribution >= 4 is 5.91 Å². The van der Waals surface area contributed by atoms with E-state index in [9.17, 15) is 9.18 Å². The Morgan fingerprint density at radius 3 is 2.54 bits per heavy atom. The van der Waals surface area contributed by atoms with Crippen molar-refractivity contribution in [1.29, 1.82) is 0 Å². The number of piperazine rings is 1. The van der Waals surface area contributed by atoms with Gasteiger partial charge in [0, 0.05) is 56.7 Å². The SMILES string of the molecule is CCOC1CC(N)(C(=O)N2CCN(Cc3cc(F)ccc3OC)CC2)C1(C)C. The van der Waals surface area contributed by atoms with Crippen LogP contribution in [0.25, 0.3) is 0 Å². The predicted octanol–water partition coefficient (Wildman–Crippen LogP) is 2.01. The summed E-state index contributed by atoms with van der Waals surface area (Å²) in [6, 6.07) is 4.56. The van der Waals surface area contributed by atoms with Gasteiger partial charge < -0.3 is 20.1 Å². The van der Waals surface area contributed by atoms with Crippen LogP contribution in [-0.2, 0) is 16.1 Å². The van der Waals surface area contributed by atoms with Crippen molar-refractivity contribution in [2.24, 2.45) is 11.1 Å². The number of carbonyl (C=O) groups excluding carboxylic acids is 1. The van der Waals surface area contributed by atoms with E-state index in [1.54, 1.807) is 13.2 Å². The largest absolute Gasteiger partial charge is 0.496 e. The standard InChI is InChI=1S/C21H32FN3O3/c1-5-28-18-13-21(23,20(18,2)3)19(26)25-10-8-24(9-11-25)14-15-12-16(22)6-7-17(15)27-4/h6-7,12,18H,5,8-11,13-14,23H2,1-4H3. The molecule has 2 aliphatic rings. The lowest BCUT2D eigenvalue weighted by atomic mass is 9.54. The maximum atomic E-state index is 13.6. The topological polar surface area (TPSA) is 68.0 Å². The third-order valence-corrected chi connectivity index (χ3v) is 6.51. The summed E-state index contributed by atoms with van der Waals surface area (Å²) >= 11 is 0. The van der Waals surface area contributed by atoms with E-state index in [4.69, 9.17) is 15.2 Å². The van der Waals surface area contributed by atoms with Gasteiger partial charge in [-0.05, 0) is 25.1 Å². The summed E-state index contributed by atoms with van der Waals surface area (Å²) in [5, 5.41) is 0. The van der Waals surface area contributed by atoms with Crippen LogP contribution in [0, 0.1) is 11.2 Å². The highest BCUT2D eigenvalue weighted by Crippen LogP contribution is 2.50. The molecule has 7 heteroatoms. The zero-order valence-electron chi connectivity index (χ0n) is 17.3. The van der Waals surface area contributed by atoms with Gasteiger partial charge in [-0.25, -0.2) is 4.39 Å². The molecule has 1 aliphatic heterocycles. The van der Waals surface area contributed by atoms with Crippen molar-refractivity contribution in [3.05, 3.63) is 29.6 Å². The van der Waals surface area contributed by atoms with Gasteiger partial charge in [-0.15, -0.1) is 0 Å². The van der Waals surface area contributed by atoms with Crippen molar-refractivity contribution < 1.29 is 18.7 Å². The molecule has 0 spiro atoms. The van der Waals surface area contributed by atoms with Gasteiger partial charge in [-0.2, -0.15) is 0 Å². The smallest absolute Gasteiger partial charge is 0.243 e. The maximum absolute atomic E-state index is 13.6.